The Hall–Kier alpha value is -1.59. The zero-order valence-corrected chi connectivity index (χ0v) is 10.1. The van der Waals surface area contributed by atoms with E-state index in [-0.39, 0.29) is 17.9 Å². The van der Waals surface area contributed by atoms with Crippen molar-refractivity contribution >= 4 is 11.9 Å². The van der Waals surface area contributed by atoms with Crippen molar-refractivity contribution in [1.82, 2.24) is 15.2 Å². The molecular formula is C11H18N4O2. The second kappa shape index (κ2) is 4.73. The van der Waals surface area contributed by atoms with Crippen LogP contribution in [-0.2, 0) is 4.74 Å². The van der Waals surface area contributed by atoms with Gasteiger partial charge in [-0.05, 0) is 31.1 Å². The van der Waals surface area contributed by atoms with E-state index in [1.165, 1.54) is 6.42 Å². The number of aromatic amines is 1. The topological polar surface area (TPSA) is 93.9 Å². The normalized spacial score (nSPS) is 28.9. The molecule has 94 valence electrons. The first-order chi connectivity index (χ1) is 8.04. The van der Waals surface area contributed by atoms with Gasteiger partial charge in [0.15, 0.2) is 0 Å². The zero-order chi connectivity index (χ0) is 12.4. The summed E-state index contributed by atoms with van der Waals surface area (Å²) < 4.78 is 5.40. The van der Waals surface area contributed by atoms with Gasteiger partial charge in [0.25, 0.3) is 0 Å². The summed E-state index contributed by atoms with van der Waals surface area (Å²) in [6.45, 7) is 4.37. The van der Waals surface area contributed by atoms with Crippen molar-refractivity contribution < 1.29 is 9.53 Å². The van der Waals surface area contributed by atoms with Gasteiger partial charge in [-0.15, -0.1) is 5.10 Å². The van der Waals surface area contributed by atoms with E-state index >= 15 is 0 Å². The molecule has 0 bridgehead atoms. The molecule has 0 amide bonds. The Morgan fingerprint density at radius 1 is 1.35 bits per heavy atom. The third kappa shape index (κ3) is 2.95. The summed E-state index contributed by atoms with van der Waals surface area (Å²) in [4.78, 5) is 15.5. The summed E-state index contributed by atoms with van der Waals surface area (Å²) in [6.07, 6.45) is 3.01. The lowest BCUT2D eigenvalue weighted by molar-refractivity contribution is 0.00685. The first-order valence-corrected chi connectivity index (χ1v) is 5.93. The number of anilines is 1. The number of aromatic nitrogens is 3. The van der Waals surface area contributed by atoms with Crippen LogP contribution < -0.4 is 5.73 Å². The van der Waals surface area contributed by atoms with Gasteiger partial charge in [0.05, 0.1) is 0 Å². The van der Waals surface area contributed by atoms with Crippen LogP contribution in [0.2, 0.25) is 0 Å². The van der Waals surface area contributed by atoms with Crippen LogP contribution in [0.1, 0.15) is 43.7 Å². The fourth-order valence-electron chi connectivity index (χ4n) is 2.54. The predicted octanol–water partition coefficient (Wildman–Crippen LogP) is 1.37. The van der Waals surface area contributed by atoms with Crippen molar-refractivity contribution in [1.29, 1.82) is 0 Å². The van der Waals surface area contributed by atoms with Gasteiger partial charge in [-0.1, -0.05) is 13.8 Å². The standard InChI is InChI=1S/C11H18N4O2/c1-6-3-7(2)5-8(4-6)17-10(16)9-13-11(12)15-14-9/h6-8H,3-5H2,1-2H3,(H3,12,13,14,15). The van der Waals surface area contributed by atoms with Crippen molar-refractivity contribution in [2.24, 2.45) is 11.8 Å². The van der Waals surface area contributed by atoms with E-state index in [4.69, 9.17) is 10.5 Å². The van der Waals surface area contributed by atoms with E-state index in [1.54, 1.807) is 0 Å². The number of nitrogens with zero attached hydrogens (tertiary/aromatic N) is 2. The number of nitrogen functional groups attached to an aromatic ring is 1. The molecule has 0 saturated heterocycles. The maximum absolute atomic E-state index is 11.7. The highest BCUT2D eigenvalue weighted by Gasteiger charge is 2.27. The van der Waals surface area contributed by atoms with E-state index in [2.05, 4.69) is 29.0 Å². The van der Waals surface area contributed by atoms with Gasteiger partial charge in [-0.2, -0.15) is 4.98 Å². The van der Waals surface area contributed by atoms with Gasteiger partial charge in [0.2, 0.25) is 11.8 Å². The quantitative estimate of drug-likeness (QED) is 0.759. The molecule has 1 heterocycles. The van der Waals surface area contributed by atoms with Crippen LogP contribution in [0.3, 0.4) is 0 Å². The number of hydrogen-bond acceptors (Lipinski definition) is 5. The number of rotatable bonds is 2. The highest BCUT2D eigenvalue weighted by Crippen LogP contribution is 2.30. The Morgan fingerprint density at radius 3 is 2.53 bits per heavy atom. The number of H-pyrrole nitrogens is 1. The zero-order valence-electron chi connectivity index (χ0n) is 10.1. The summed E-state index contributed by atoms with van der Waals surface area (Å²) in [5, 5.41) is 6.06. The molecule has 6 nitrogen and oxygen atoms in total. The van der Waals surface area contributed by atoms with Crippen molar-refractivity contribution in [3.05, 3.63) is 5.82 Å². The molecule has 0 aliphatic heterocycles. The first-order valence-electron chi connectivity index (χ1n) is 5.93. The second-order valence-electron chi connectivity index (χ2n) is 4.99. The Labute approximate surface area is 99.9 Å². The number of carbonyl (C=O) groups excluding carboxylic acids is 1. The molecule has 1 saturated carbocycles. The van der Waals surface area contributed by atoms with E-state index < -0.39 is 5.97 Å². The molecule has 1 aromatic heterocycles. The predicted molar refractivity (Wildman–Crippen MR) is 62.2 cm³/mol. The van der Waals surface area contributed by atoms with Crippen LogP contribution in [0.25, 0.3) is 0 Å². The minimum atomic E-state index is -0.472. The molecule has 1 aromatic rings. The third-order valence-corrected chi connectivity index (χ3v) is 3.11. The largest absolute Gasteiger partial charge is 0.456 e. The Balaban J connectivity index is 1.94. The molecule has 1 aliphatic carbocycles. The highest BCUT2D eigenvalue weighted by molar-refractivity contribution is 5.85. The number of ether oxygens (including phenoxy) is 1. The number of esters is 1. The lowest BCUT2D eigenvalue weighted by Crippen LogP contribution is -2.28. The second-order valence-corrected chi connectivity index (χ2v) is 4.99. The van der Waals surface area contributed by atoms with Crippen LogP contribution in [-0.4, -0.2) is 27.3 Å². The highest BCUT2D eigenvalue weighted by atomic mass is 16.5. The van der Waals surface area contributed by atoms with Crippen molar-refractivity contribution in [2.75, 3.05) is 5.73 Å². The van der Waals surface area contributed by atoms with E-state index in [9.17, 15) is 4.79 Å². The van der Waals surface area contributed by atoms with Gasteiger partial charge in [-0.25, -0.2) is 4.79 Å². The summed E-state index contributed by atoms with van der Waals surface area (Å²) in [5.41, 5.74) is 5.33. The summed E-state index contributed by atoms with van der Waals surface area (Å²) in [5.74, 6) is 0.851. The van der Waals surface area contributed by atoms with Gasteiger partial charge in [0.1, 0.15) is 6.10 Å². The molecule has 1 fully saturated rings. The van der Waals surface area contributed by atoms with Crippen LogP contribution in [0.4, 0.5) is 5.95 Å². The van der Waals surface area contributed by atoms with Crippen molar-refractivity contribution in [2.45, 2.75) is 39.2 Å². The molecule has 17 heavy (non-hydrogen) atoms. The number of nitrogens with two attached hydrogens (primary N) is 1. The first kappa shape index (κ1) is 11.9. The van der Waals surface area contributed by atoms with Gasteiger partial charge in [-0.3, -0.25) is 5.10 Å². The average Bonchev–Trinajstić information content (AvgIpc) is 2.63. The average molecular weight is 238 g/mol. The van der Waals surface area contributed by atoms with E-state index in [0.29, 0.717) is 11.8 Å². The summed E-state index contributed by atoms with van der Waals surface area (Å²) in [6, 6.07) is 0. The van der Waals surface area contributed by atoms with Crippen LogP contribution in [0.15, 0.2) is 0 Å². The monoisotopic (exact) mass is 238 g/mol. The molecule has 3 N–H and O–H groups in total. The number of carbonyl (C=O) groups is 1. The molecule has 2 unspecified atom stereocenters. The molecular weight excluding hydrogens is 220 g/mol. The lowest BCUT2D eigenvalue weighted by Gasteiger charge is -2.30. The Kier molecular flexibility index (Phi) is 3.31. The van der Waals surface area contributed by atoms with Crippen molar-refractivity contribution in [3.8, 4) is 0 Å². The lowest BCUT2D eigenvalue weighted by atomic mass is 9.82. The maximum atomic E-state index is 11.7. The molecule has 0 aromatic carbocycles. The van der Waals surface area contributed by atoms with E-state index in [1.807, 2.05) is 0 Å². The smallest absolute Gasteiger partial charge is 0.376 e. The van der Waals surface area contributed by atoms with Gasteiger partial charge in [0, 0.05) is 0 Å². The minimum absolute atomic E-state index is 0.0208. The van der Waals surface area contributed by atoms with Crippen LogP contribution >= 0.6 is 0 Å². The fourth-order valence-corrected chi connectivity index (χ4v) is 2.54. The van der Waals surface area contributed by atoms with Gasteiger partial charge >= 0.3 is 5.97 Å². The molecule has 1 aliphatic rings. The summed E-state index contributed by atoms with van der Waals surface area (Å²) in [7, 11) is 0. The fraction of sp³-hybridized carbons (Fsp3) is 0.727. The molecule has 2 atom stereocenters. The molecule has 0 spiro atoms. The molecule has 0 radical (unpaired) electrons. The minimum Gasteiger partial charge on any atom is -0.456 e. The SMILES string of the molecule is CC1CC(C)CC(OC(=O)c2nc(N)n[nH]2)C1. The maximum Gasteiger partial charge on any atom is 0.376 e. The molecule has 2 rings (SSSR count). The van der Waals surface area contributed by atoms with Crippen LogP contribution in [0, 0.1) is 11.8 Å². The van der Waals surface area contributed by atoms with Gasteiger partial charge < -0.3 is 10.5 Å². The Morgan fingerprint density at radius 2 is 2.00 bits per heavy atom. The number of nitrogens with one attached hydrogen (secondary N) is 1. The summed E-state index contributed by atoms with van der Waals surface area (Å²) >= 11 is 0. The van der Waals surface area contributed by atoms with Crippen LogP contribution in [0.5, 0.6) is 0 Å². The van der Waals surface area contributed by atoms with Crippen molar-refractivity contribution in [3.63, 3.8) is 0 Å². The molecule has 6 heteroatoms. The van der Waals surface area contributed by atoms with E-state index in [0.717, 1.165) is 12.8 Å². The number of hydrogen-bond donors (Lipinski definition) is 2. The third-order valence-electron chi connectivity index (χ3n) is 3.11. The Bertz CT molecular complexity index is 394.